The number of amides is 1. The quantitative estimate of drug-likeness (QED) is 0.394. The Morgan fingerprint density at radius 2 is 2.08 bits per heavy atom. The van der Waals surface area contributed by atoms with Gasteiger partial charge in [-0.25, -0.2) is 0 Å². The summed E-state index contributed by atoms with van der Waals surface area (Å²) in [6.45, 7) is 10.1. The minimum absolute atomic E-state index is 0.0434. The van der Waals surface area contributed by atoms with E-state index in [0.29, 0.717) is 5.57 Å². The van der Waals surface area contributed by atoms with Crippen LogP contribution in [0.15, 0.2) is 23.8 Å². The van der Waals surface area contributed by atoms with Crippen LogP contribution in [-0.4, -0.2) is 12.5 Å². The van der Waals surface area contributed by atoms with Gasteiger partial charge in [-0.1, -0.05) is 18.2 Å². The fourth-order valence-electron chi connectivity index (χ4n) is 0.864. The van der Waals surface area contributed by atoms with Crippen molar-refractivity contribution in [1.82, 2.24) is 5.32 Å². The summed E-state index contributed by atoms with van der Waals surface area (Å²) in [4.78, 5) is 11.0. The van der Waals surface area contributed by atoms with Crippen LogP contribution in [-0.2, 0) is 4.79 Å². The zero-order valence-corrected chi connectivity index (χ0v) is 8.81. The maximum atomic E-state index is 11.0. The number of allylic oxidation sites excluding steroid dienone is 2. The SMILES string of the molecule is C=C(C)C(=O)NCCCC(C)=CC. The Morgan fingerprint density at radius 1 is 1.46 bits per heavy atom. The third-order valence-corrected chi connectivity index (χ3v) is 1.91. The molecule has 13 heavy (non-hydrogen) atoms. The average molecular weight is 181 g/mol. The first kappa shape index (κ1) is 11.9. The lowest BCUT2D eigenvalue weighted by molar-refractivity contribution is -0.117. The van der Waals surface area contributed by atoms with Gasteiger partial charge < -0.3 is 5.32 Å². The van der Waals surface area contributed by atoms with Crippen LogP contribution in [0.2, 0.25) is 0 Å². The Labute approximate surface area is 80.7 Å². The summed E-state index contributed by atoms with van der Waals surface area (Å²) in [5.74, 6) is -0.0434. The third kappa shape index (κ3) is 6.14. The first-order valence-corrected chi connectivity index (χ1v) is 4.63. The van der Waals surface area contributed by atoms with E-state index < -0.39 is 0 Å². The molecule has 0 radical (unpaired) electrons. The van der Waals surface area contributed by atoms with Crippen LogP contribution < -0.4 is 5.32 Å². The lowest BCUT2D eigenvalue weighted by Gasteiger charge is -2.04. The first-order chi connectivity index (χ1) is 6.07. The second-order valence-corrected chi connectivity index (χ2v) is 3.27. The molecule has 0 unspecified atom stereocenters. The minimum atomic E-state index is -0.0434. The van der Waals surface area contributed by atoms with Crippen LogP contribution in [0.25, 0.3) is 0 Å². The number of hydrogen-bond donors (Lipinski definition) is 1. The predicted octanol–water partition coefficient (Wildman–Crippen LogP) is 2.43. The van der Waals surface area contributed by atoms with Crippen LogP contribution in [0, 0.1) is 0 Å². The molecule has 2 nitrogen and oxygen atoms in total. The molecule has 0 saturated carbocycles. The molecular weight excluding hydrogens is 162 g/mol. The summed E-state index contributed by atoms with van der Waals surface area (Å²) < 4.78 is 0. The molecule has 0 aliphatic heterocycles. The molecule has 0 aliphatic carbocycles. The molecule has 0 spiro atoms. The van der Waals surface area contributed by atoms with Gasteiger partial charge in [0.15, 0.2) is 0 Å². The summed E-state index contributed by atoms with van der Waals surface area (Å²) in [6, 6.07) is 0. The smallest absolute Gasteiger partial charge is 0.246 e. The highest BCUT2D eigenvalue weighted by atomic mass is 16.1. The van der Waals surface area contributed by atoms with Gasteiger partial charge in [0.1, 0.15) is 0 Å². The van der Waals surface area contributed by atoms with E-state index >= 15 is 0 Å². The lowest BCUT2D eigenvalue weighted by Crippen LogP contribution is -2.24. The van der Waals surface area contributed by atoms with Gasteiger partial charge in [0.2, 0.25) is 5.91 Å². The fourth-order valence-corrected chi connectivity index (χ4v) is 0.864. The normalized spacial score (nSPS) is 11.2. The highest BCUT2D eigenvalue weighted by Crippen LogP contribution is 2.01. The second kappa shape index (κ2) is 6.46. The Kier molecular flexibility index (Phi) is 5.94. The molecule has 0 aromatic carbocycles. The topological polar surface area (TPSA) is 29.1 Å². The highest BCUT2D eigenvalue weighted by molar-refractivity contribution is 5.91. The van der Waals surface area contributed by atoms with Gasteiger partial charge in [-0.15, -0.1) is 0 Å². The van der Waals surface area contributed by atoms with Crippen molar-refractivity contribution in [1.29, 1.82) is 0 Å². The zero-order chi connectivity index (χ0) is 10.3. The Hall–Kier alpha value is -1.05. The maximum Gasteiger partial charge on any atom is 0.246 e. The van der Waals surface area contributed by atoms with E-state index in [0.717, 1.165) is 19.4 Å². The van der Waals surface area contributed by atoms with Gasteiger partial charge >= 0.3 is 0 Å². The number of hydrogen-bond acceptors (Lipinski definition) is 1. The van der Waals surface area contributed by atoms with Crippen LogP contribution in [0.3, 0.4) is 0 Å². The fraction of sp³-hybridized carbons (Fsp3) is 0.545. The van der Waals surface area contributed by atoms with Crippen LogP contribution >= 0.6 is 0 Å². The van der Waals surface area contributed by atoms with Crippen molar-refractivity contribution in [3.05, 3.63) is 23.8 Å². The van der Waals surface area contributed by atoms with Crippen molar-refractivity contribution in [2.75, 3.05) is 6.54 Å². The molecule has 0 saturated heterocycles. The summed E-state index contributed by atoms with van der Waals surface area (Å²) in [5.41, 5.74) is 1.94. The van der Waals surface area contributed by atoms with Gasteiger partial charge in [-0.3, -0.25) is 4.79 Å². The third-order valence-electron chi connectivity index (χ3n) is 1.91. The van der Waals surface area contributed by atoms with Crippen molar-refractivity contribution < 1.29 is 4.79 Å². The Bertz CT molecular complexity index is 216. The molecule has 1 N–H and O–H groups in total. The Balaban J connectivity index is 3.47. The molecule has 0 rings (SSSR count). The van der Waals surface area contributed by atoms with E-state index in [2.05, 4.69) is 24.9 Å². The summed E-state index contributed by atoms with van der Waals surface area (Å²) >= 11 is 0. The van der Waals surface area contributed by atoms with Gasteiger partial charge in [-0.05, 0) is 33.6 Å². The Morgan fingerprint density at radius 3 is 2.54 bits per heavy atom. The van der Waals surface area contributed by atoms with Crippen LogP contribution in [0.4, 0.5) is 0 Å². The maximum absolute atomic E-state index is 11.0. The average Bonchev–Trinajstić information content (AvgIpc) is 2.11. The lowest BCUT2D eigenvalue weighted by atomic mass is 10.1. The standard InChI is InChI=1S/C11H19NO/c1-5-10(4)7-6-8-12-11(13)9(2)3/h5H,2,6-8H2,1,3-4H3,(H,12,13). The number of rotatable bonds is 5. The van der Waals surface area contributed by atoms with Gasteiger partial charge in [0.05, 0.1) is 0 Å². The molecule has 0 fully saturated rings. The molecule has 1 amide bonds. The number of carbonyl (C=O) groups excluding carboxylic acids is 1. The van der Waals surface area contributed by atoms with E-state index in [1.807, 2.05) is 6.92 Å². The highest BCUT2D eigenvalue weighted by Gasteiger charge is 1.98. The van der Waals surface area contributed by atoms with Gasteiger partial charge in [-0.2, -0.15) is 0 Å². The molecule has 0 heterocycles. The predicted molar refractivity (Wildman–Crippen MR) is 56.5 cm³/mol. The largest absolute Gasteiger partial charge is 0.352 e. The molecule has 0 bridgehead atoms. The number of nitrogens with one attached hydrogen (secondary N) is 1. The monoisotopic (exact) mass is 181 g/mol. The first-order valence-electron chi connectivity index (χ1n) is 4.63. The van der Waals surface area contributed by atoms with Crippen LogP contribution in [0.1, 0.15) is 33.6 Å². The van der Waals surface area contributed by atoms with E-state index in [4.69, 9.17) is 0 Å². The van der Waals surface area contributed by atoms with Crippen molar-refractivity contribution in [2.45, 2.75) is 33.6 Å². The van der Waals surface area contributed by atoms with Gasteiger partial charge in [0.25, 0.3) is 0 Å². The molecular formula is C11H19NO. The molecule has 0 aromatic rings. The summed E-state index contributed by atoms with van der Waals surface area (Å²) in [7, 11) is 0. The summed E-state index contributed by atoms with van der Waals surface area (Å²) in [6.07, 6.45) is 4.14. The van der Waals surface area contributed by atoms with E-state index in [-0.39, 0.29) is 5.91 Å². The molecule has 0 aliphatic rings. The minimum Gasteiger partial charge on any atom is -0.352 e. The van der Waals surface area contributed by atoms with Crippen LogP contribution in [0.5, 0.6) is 0 Å². The van der Waals surface area contributed by atoms with Crippen molar-refractivity contribution in [2.24, 2.45) is 0 Å². The van der Waals surface area contributed by atoms with E-state index in [9.17, 15) is 4.79 Å². The zero-order valence-electron chi connectivity index (χ0n) is 8.81. The second-order valence-electron chi connectivity index (χ2n) is 3.27. The van der Waals surface area contributed by atoms with E-state index in [1.165, 1.54) is 5.57 Å². The van der Waals surface area contributed by atoms with Gasteiger partial charge in [0, 0.05) is 12.1 Å². The molecule has 0 aromatic heterocycles. The van der Waals surface area contributed by atoms with E-state index in [1.54, 1.807) is 6.92 Å². The molecule has 2 heteroatoms. The van der Waals surface area contributed by atoms with Crippen molar-refractivity contribution >= 4 is 5.91 Å². The molecule has 0 atom stereocenters. The summed E-state index contributed by atoms with van der Waals surface area (Å²) in [5, 5.41) is 2.80. The van der Waals surface area contributed by atoms with Crippen molar-refractivity contribution in [3.63, 3.8) is 0 Å². The number of carbonyl (C=O) groups is 1. The molecule has 74 valence electrons. The van der Waals surface area contributed by atoms with Crippen molar-refractivity contribution in [3.8, 4) is 0 Å².